The Morgan fingerprint density at radius 2 is 2.50 bits per heavy atom. The zero-order valence-electron chi connectivity index (χ0n) is 6.51. The van der Waals surface area contributed by atoms with Crippen molar-refractivity contribution in [3.05, 3.63) is 22.6 Å². The normalized spacial score (nSPS) is 27.6. The van der Waals surface area contributed by atoms with Gasteiger partial charge in [0.1, 0.15) is 11.4 Å². The van der Waals surface area contributed by atoms with Gasteiger partial charge in [0.05, 0.1) is 0 Å². The van der Waals surface area contributed by atoms with Crippen LogP contribution in [0.4, 0.5) is 0 Å². The molecule has 0 saturated heterocycles. The molecule has 1 aromatic heterocycles. The van der Waals surface area contributed by atoms with Crippen LogP contribution in [-0.2, 0) is 12.0 Å². The van der Waals surface area contributed by atoms with Crippen LogP contribution in [0, 0.1) is 0 Å². The molecule has 1 atom stereocenters. The van der Waals surface area contributed by atoms with Crippen LogP contribution in [0.3, 0.4) is 0 Å². The summed E-state index contributed by atoms with van der Waals surface area (Å²) in [5.41, 5.74) is 5.31. The van der Waals surface area contributed by atoms with Gasteiger partial charge in [0.15, 0.2) is 5.22 Å². The van der Waals surface area contributed by atoms with Crippen LogP contribution in [0.15, 0.2) is 10.5 Å². The third-order valence-electron chi connectivity index (χ3n) is 2.38. The van der Waals surface area contributed by atoms with E-state index in [0.29, 0.717) is 11.6 Å². The van der Waals surface area contributed by atoms with Crippen LogP contribution in [0.5, 0.6) is 0 Å². The molecule has 0 aromatic carbocycles. The molecule has 1 aliphatic carbocycles. The quantitative estimate of drug-likeness (QED) is 0.691. The Hall–Kier alpha value is -0.510. The van der Waals surface area contributed by atoms with E-state index in [2.05, 4.69) is 0 Å². The molecule has 0 radical (unpaired) electrons. The lowest BCUT2D eigenvalue weighted by Crippen LogP contribution is -2.31. The monoisotopic (exact) mass is 187 g/mol. The number of rotatable bonds is 1. The van der Waals surface area contributed by atoms with E-state index in [1.807, 2.05) is 0 Å². The van der Waals surface area contributed by atoms with Crippen LogP contribution >= 0.6 is 11.6 Å². The van der Waals surface area contributed by atoms with E-state index in [9.17, 15) is 5.11 Å². The Morgan fingerprint density at radius 3 is 3.17 bits per heavy atom. The van der Waals surface area contributed by atoms with Gasteiger partial charge >= 0.3 is 0 Å². The molecule has 1 heterocycles. The third kappa shape index (κ3) is 0.975. The highest BCUT2D eigenvalue weighted by molar-refractivity contribution is 6.29. The summed E-state index contributed by atoms with van der Waals surface area (Å²) in [4.78, 5) is 0. The number of nitrogens with two attached hydrogens (primary N) is 1. The van der Waals surface area contributed by atoms with E-state index >= 15 is 0 Å². The molecule has 1 unspecified atom stereocenters. The molecular formula is C8H10ClNO2. The van der Waals surface area contributed by atoms with Crippen molar-refractivity contribution in [2.75, 3.05) is 6.54 Å². The van der Waals surface area contributed by atoms with Gasteiger partial charge in [-0.1, -0.05) is 0 Å². The topological polar surface area (TPSA) is 59.4 Å². The second-order valence-electron chi connectivity index (χ2n) is 3.12. The Labute approximate surface area is 75.1 Å². The maximum Gasteiger partial charge on any atom is 0.193 e. The standard InChI is InChI=1S/C8H10ClNO2/c9-7-3-5-6(12-7)1-2-8(5,11)4-10/h3,11H,1-2,4,10H2. The molecule has 12 heavy (non-hydrogen) atoms. The van der Waals surface area contributed by atoms with Gasteiger partial charge in [0, 0.05) is 24.6 Å². The number of furan rings is 1. The van der Waals surface area contributed by atoms with Crippen molar-refractivity contribution in [2.24, 2.45) is 5.73 Å². The largest absolute Gasteiger partial charge is 0.449 e. The zero-order chi connectivity index (χ0) is 8.77. The third-order valence-corrected chi connectivity index (χ3v) is 2.57. The first kappa shape index (κ1) is 8.10. The Morgan fingerprint density at radius 1 is 1.75 bits per heavy atom. The van der Waals surface area contributed by atoms with Crippen molar-refractivity contribution in [3.8, 4) is 0 Å². The minimum atomic E-state index is -0.911. The van der Waals surface area contributed by atoms with E-state index in [-0.39, 0.29) is 6.54 Å². The summed E-state index contributed by atoms with van der Waals surface area (Å²) >= 11 is 5.64. The second kappa shape index (κ2) is 2.49. The van der Waals surface area contributed by atoms with E-state index in [0.717, 1.165) is 17.7 Å². The van der Waals surface area contributed by atoms with Crippen LogP contribution in [0.2, 0.25) is 5.22 Å². The average Bonchev–Trinajstić information content (AvgIpc) is 2.53. The maximum atomic E-state index is 9.92. The van der Waals surface area contributed by atoms with Crippen molar-refractivity contribution in [2.45, 2.75) is 18.4 Å². The van der Waals surface area contributed by atoms with Gasteiger partial charge < -0.3 is 15.3 Å². The fourth-order valence-electron chi connectivity index (χ4n) is 1.64. The second-order valence-corrected chi connectivity index (χ2v) is 3.50. The van der Waals surface area contributed by atoms with E-state index in [1.165, 1.54) is 0 Å². The minimum Gasteiger partial charge on any atom is -0.449 e. The number of hydrogen-bond donors (Lipinski definition) is 2. The average molecular weight is 188 g/mol. The number of fused-ring (bicyclic) bond motifs is 1. The zero-order valence-corrected chi connectivity index (χ0v) is 7.27. The minimum absolute atomic E-state index is 0.218. The first-order valence-electron chi connectivity index (χ1n) is 3.87. The molecule has 0 aliphatic heterocycles. The predicted octanol–water partition coefficient (Wildman–Crippen LogP) is 1.03. The molecule has 1 aromatic rings. The SMILES string of the molecule is NCC1(O)CCc2oc(Cl)cc21. The fourth-order valence-corrected chi connectivity index (χ4v) is 1.84. The summed E-state index contributed by atoms with van der Waals surface area (Å²) in [6, 6.07) is 1.65. The molecule has 1 aliphatic rings. The van der Waals surface area contributed by atoms with Crippen molar-refractivity contribution in [3.63, 3.8) is 0 Å². The number of aliphatic hydroxyl groups is 1. The highest BCUT2D eigenvalue weighted by atomic mass is 35.5. The van der Waals surface area contributed by atoms with Gasteiger partial charge in [-0.25, -0.2) is 0 Å². The number of halogens is 1. The van der Waals surface area contributed by atoms with Gasteiger partial charge in [0.25, 0.3) is 0 Å². The highest BCUT2D eigenvalue weighted by Gasteiger charge is 2.38. The molecule has 2 rings (SSSR count). The van der Waals surface area contributed by atoms with E-state index in [4.69, 9.17) is 21.8 Å². The summed E-state index contributed by atoms with van der Waals surface area (Å²) < 4.78 is 5.17. The molecule has 0 bridgehead atoms. The molecule has 0 amide bonds. The number of aryl methyl sites for hydroxylation is 1. The van der Waals surface area contributed by atoms with Crippen molar-refractivity contribution in [1.29, 1.82) is 0 Å². The van der Waals surface area contributed by atoms with Gasteiger partial charge in [-0.15, -0.1) is 0 Å². The Balaban J connectivity index is 2.47. The van der Waals surface area contributed by atoms with Crippen LogP contribution in [0.1, 0.15) is 17.7 Å². The summed E-state index contributed by atoms with van der Waals surface area (Å²) in [5.74, 6) is 0.771. The maximum absolute atomic E-state index is 9.92. The molecular weight excluding hydrogens is 178 g/mol. The van der Waals surface area contributed by atoms with E-state index in [1.54, 1.807) is 6.07 Å². The summed E-state index contributed by atoms with van der Waals surface area (Å²) in [6.07, 6.45) is 1.35. The summed E-state index contributed by atoms with van der Waals surface area (Å²) in [6.45, 7) is 0.218. The van der Waals surface area contributed by atoms with E-state index < -0.39 is 5.60 Å². The molecule has 0 spiro atoms. The van der Waals surface area contributed by atoms with Crippen LogP contribution in [0.25, 0.3) is 0 Å². The molecule has 3 N–H and O–H groups in total. The van der Waals surface area contributed by atoms with Gasteiger partial charge in [-0.2, -0.15) is 0 Å². The van der Waals surface area contributed by atoms with Crippen molar-refractivity contribution < 1.29 is 9.52 Å². The smallest absolute Gasteiger partial charge is 0.193 e. The molecule has 66 valence electrons. The Bertz CT molecular complexity index is 310. The van der Waals surface area contributed by atoms with Gasteiger partial charge in [-0.05, 0) is 18.0 Å². The van der Waals surface area contributed by atoms with Gasteiger partial charge in [0.2, 0.25) is 0 Å². The highest BCUT2D eigenvalue weighted by Crippen LogP contribution is 2.39. The first-order chi connectivity index (χ1) is 5.65. The lowest BCUT2D eigenvalue weighted by atomic mass is 9.99. The molecule has 0 saturated carbocycles. The molecule has 3 nitrogen and oxygen atoms in total. The predicted molar refractivity (Wildman–Crippen MR) is 45.0 cm³/mol. The lowest BCUT2D eigenvalue weighted by molar-refractivity contribution is 0.0482. The van der Waals surface area contributed by atoms with Crippen LogP contribution < -0.4 is 5.73 Å². The van der Waals surface area contributed by atoms with Gasteiger partial charge in [-0.3, -0.25) is 0 Å². The van der Waals surface area contributed by atoms with Crippen molar-refractivity contribution in [1.82, 2.24) is 0 Å². The van der Waals surface area contributed by atoms with Crippen LogP contribution in [-0.4, -0.2) is 11.7 Å². The molecule has 4 heteroatoms. The first-order valence-corrected chi connectivity index (χ1v) is 4.25. The lowest BCUT2D eigenvalue weighted by Gasteiger charge is -2.19. The summed E-state index contributed by atoms with van der Waals surface area (Å²) in [7, 11) is 0. The Kier molecular flexibility index (Phi) is 1.68. The fraction of sp³-hybridized carbons (Fsp3) is 0.500. The molecule has 0 fully saturated rings. The number of hydrogen-bond acceptors (Lipinski definition) is 3. The summed E-state index contributed by atoms with van der Waals surface area (Å²) in [5, 5.41) is 10.2. The van der Waals surface area contributed by atoms with Crippen molar-refractivity contribution >= 4 is 11.6 Å².